The summed E-state index contributed by atoms with van der Waals surface area (Å²) in [7, 11) is 1.93. The fraction of sp³-hybridized carbons (Fsp3) is 0.176. The highest BCUT2D eigenvalue weighted by Crippen LogP contribution is 2.35. The Morgan fingerprint density at radius 2 is 1.68 bits per heavy atom. The van der Waals surface area contributed by atoms with Crippen molar-refractivity contribution in [2.45, 2.75) is 17.3 Å². The van der Waals surface area contributed by atoms with Crippen LogP contribution in [-0.4, -0.2) is 14.8 Å². The lowest BCUT2D eigenvalue weighted by molar-refractivity contribution is 0.610. The lowest BCUT2D eigenvalue weighted by atomic mass is 10.1. The lowest BCUT2D eigenvalue weighted by Gasteiger charge is -2.12. The summed E-state index contributed by atoms with van der Waals surface area (Å²) < 4.78 is 15.8. The van der Waals surface area contributed by atoms with E-state index in [0.717, 1.165) is 16.5 Å². The normalized spacial score (nSPS) is 12.3. The SMILES string of the molecule is CC(Sc1nnc(-c2ccccc2)n1C)c1ccccc1F. The van der Waals surface area contributed by atoms with E-state index in [1.807, 2.05) is 61.0 Å². The van der Waals surface area contributed by atoms with Crippen LogP contribution in [0.1, 0.15) is 17.7 Å². The highest BCUT2D eigenvalue weighted by molar-refractivity contribution is 7.99. The van der Waals surface area contributed by atoms with Crippen molar-refractivity contribution in [3.8, 4) is 11.4 Å². The van der Waals surface area contributed by atoms with Gasteiger partial charge in [-0.1, -0.05) is 60.3 Å². The van der Waals surface area contributed by atoms with E-state index < -0.39 is 0 Å². The van der Waals surface area contributed by atoms with Crippen LogP contribution in [0.5, 0.6) is 0 Å². The van der Waals surface area contributed by atoms with Crippen molar-refractivity contribution < 1.29 is 4.39 Å². The molecule has 2 aromatic carbocycles. The molecule has 0 fully saturated rings. The summed E-state index contributed by atoms with van der Waals surface area (Å²) in [5.41, 5.74) is 1.69. The summed E-state index contributed by atoms with van der Waals surface area (Å²) in [6.45, 7) is 1.97. The molecule has 1 heterocycles. The number of hydrogen-bond acceptors (Lipinski definition) is 3. The molecule has 3 nitrogen and oxygen atoms in total. The third-order valence-electron chi connectivity index (χ3n) is 3.49. The van der Waals surface area contributed by atoms with Crippen molar-refractivity contribution in [1.29, 1.82) is 0 Å². The second kappa shape index (κ2) is 6.32. The number of benzene rings is 2. The van der Waals surface area contributed by atoms with Gasteiger partial charge in [0.2, 0.25) is 0 Å². The summed E-state index contributed by atoms with van der Waals surface area (Å²) in [5.74, 6) is 0.622. The molecule has 0 bridgehead atoms. The zero-order valence-electron chi connectivity index (χ0n) is 12.4. The Balaban J connectivity index is 1.85. The third-order valence-corrected chi connectivity index (χ3v) is 4.67. The molecular weight excluding hydrogens is 297 g/mol. The first-order valence-electron chi connectivity index (χ1n) is 7.02. The Morgan fingerprint density at radius 3 is 2.41 bits per heavy atom. The second-order valence-corrected chi connectivity index (χ2v) is 6.32. The molecule has 0 radical (unpaired) electrons. The molecule has 0 aliphatic carbocycles. The standard InChI is InChI=1S/C17H16FN3S/c1-12(14-10-6-7-11-15(14)18)22-17-20-19-16(21(17)2)13-8-4-3-5-9-13/h3-12H,1-2H3. The van der Waals surface area contributed by atoms with Gasteiger partial charge in [-0.3, -0.25) is 0 Å². The van der Waals surface area contributed by atoms with Gasteiger partial charge in [-0.15, -0.1) is 10.2 Å². The van der Waals surface area contributed by atoms with E-state index in [9.17, 15) is 4.39 Å². The molecule has 0 spiro atoms. The zero-order valence-corrected chi connectivity index (χ0v) is 13.2. The van der Waals surface area contributed by atoms with E-state index in [1.165, 1.54) is 17.8 Å². The van der Waals surface area contributed by atoms with Gasteiger partial charge < -0.3 is 4.57 Å². The highest BCUT2D eigenvalue weighted by Gasteiger charge is 2.17. The number of rotatable bonds is 4. The topological polar surface area (TPSA) is 30.7 Å². The van der Waals surface area contributed by atoms with Gasteiger partial charge in [0.25, 0.3) is 0 Å². The first-order valence-corrected chi connectivity index (χ1v) is 7.90. The molecule has 0 saturated carbocycles. The highest BCUT2D eigenvalue weighted by atomic mass is 32.2. The van der Waals surface area contributed by atoms with E-state index >= 15 is 0 Å². The van der Waals surface area contributed by atoms with E-state index in [2.05, 4.69) is 10.2 Å². The first kappa shape index (κ1) is 14.8. The smallest absolute Gasteiger partial charge is 0.191 e. The number of hydrogen-bond donors (Lipinski definition) is 0. The summed E-state index contributed by atoms with van der Waals surface area (Å²) >= 11 is 1.50. The average Bonchev–Trinajstić information content (AvgIpc) is 2.89. The van der Waals surface area contributed by atoms with Crippen LogP contribution in [-0.2, 0) is 7.05 Å². The van der Waals surface area contributed by atoms with Gasteiger partial charge >= 0.3 is 0 Å². The molecule has 3 aromatic rings. The quantitative estimate of drug-likeness (QED) is 0.666. The third kappa shape index (κ3) is 2.90. The first-order chi connectivity index (χ1) is 10.7. The van der Waals surface area contributed by atoms with Crippen LogP contribution < -0.4 is 0 Å². The van der Waals surface area contributed by atoms with E-state index in [-0.39, 0.29) is 11.1 Å². The molecule has 1 atom stereocenters. The maximum atomic E-state index is 13.9. The molecule has 112 valence electrons. The number of aromatic nitrogens is 3. The number of thioether (sulfide) groups is 1. The van der Waals surface area contributed by atoms with Crippen molar-refractivity contribution in [2.75, 3.05) is 0 Å². The number of halogens is 1. The summed E-state index contributed by atoms with van der Waals surface area (Å²) in [6.07, 6.45) is 0. The van der Waals surface area contributed by atoms with Crippen LogP contribution in [0.25, 0.3) is 11.4 Å². The summed E-state index contributed by atoms with van der Waals surface area (Å²) in [4.78, 5) is 0. The van der Waals surface area contributed by atoms with Crippen LogP contribution in [0.15, 0.2) is 59.8 Å². The molecule has 0 aliphatic heterocycles. The van der Waals surface area contributed by atoms with E-state index in [4.69, 9.17) is 0 Å². The van der Waals surface area contributed by atoms with Crippen LogP contribution >= 0.6 is 11.8 Å². The van der Waals surface area contributed by atoms with Gasteiger partial charge in [0.15, 0.2) is 11.0 Å². The van der Waals surface area contributed by atoms with Crippen LogP contribution in [0.3, 0.4) is 0 Å². The minimum atomic E-state index is -0.187. The van der Waals surface area contributed by atoms with Gasteiger partial charge in [0.1, 0.15) is 5.82 Å². The summed E-state index contributed by atoms with van der Waals surface area (Å²) in [6, 6.07) is 16.7. The molecule has 5 heteroatoms. The van der Waals surface area contributed by atoms with Crippen LogP contribution in [0, 0.1) is 5.82 Å². The number of nitrogens with zero attached hydrogens (tertiary/aromatic N) is 3. The monoisotopic (exact) mass is 313 g/mol. The summed E-state index contributed by atoms with van der Waals surface area (Å²) in [5, 5.41) is 9.23. The maximum absolute atomic E-state index is 13.9. The lowest BCUT2D eigenvalue weighted by Crippen LogP contribution is -1.98. The fourth-order valence-electron chi connectivity index (χ4n) is 2.28. The van der Waals surface area contributed by atoms with E-state index in [1.54, 1.807) is 6.07 Å². The van der Waals surface area contributed by atoms with Gasteiger partial charge in [-0.2, -0.15) is 0 Å². The van der Waals surface area contributed by atoms with Gasteiger partial charge in [0.05, 0.1) is 0 Å². The fourth-order valence-corrected chi connectivity index (χ4v) is 3.25. The maximum Gasteiger partial charge on any atom is 0.191 e. The second-order valence-electron chi connectivity index (χ2n) is 5.01. The molecular formula is C17H16FN3S. The van der Waals surface area contributed by atoms with Crippen molar-refractivity contribution >= 4 is 11.8 Å². The molecule has 0 aliphatic rings. The van der Waals surface area contributed by atoms with Gasteiger partial charge in [-0.25, -0.2) is 4.39 Å². The Bertz CT molecular complexity index is 771. The predicted octanol–water partition coefficient (Wildman–Crippen LogP) is 4.47. The molecule has 22 heavy (non-hydrogen) atoms. The van der Waals surface area contributed by atoms with Crippen molar-refractivity contribution in [2.24, 2.45) is 7.05 Å². The predicted molar refractivity (Wildman–Crippen MR) is 87.1 cm³/mol. The van der Waals surface area contributed by atoms with E-state index in [0.29, 0.717) is 5.56 Å². The minimum Gasteiger partial charge on any atom is -0.305 e. The van der Waals surface area contributed by atoms with Gasteiger partial charge in [-0.05, 0) is 13.0 Å². The molecule has 3 rings (SSSR count). The van der Waals surface area contributed by atoms with Crippen molar-refractivity contribution in [3.63, 3.8) is 0 Å². The molecule has 0 N–H and O–H groups in total. The Labute approximate surface area is 133 Å². The molecule has 1 unspecified atom stereocenters. The largest absolute Gasteiger partial charge is 0.305 e. The molecule has 0 saturated heterocycles. The minimum absolute atomic E-state index is 0.0345. The van der Waals surface area contributed by atoms with Gasteiger partial charge in [0, 0.05) is 23.4 Å². The Morgan fingerprint density at radius 1 is 1.00 bits per heavy atom. The van der Waals surface area contributed by atoms with Crippen LogP contribution in [0.4, 0.5) is 4.39 Å². The Hall–Kier alpha value is -2.14. The Kier molecular flexibility index (Phi) is 4.24. The average molecular weight is 313 g/mol. The molecule has 0 amide bonds. The molecule has 1 aromatic heterocycles. The van der Waals surface area contributed by atoms with Crippen molar-refractivity contribution in [3.05, 3.63) is 66.0 Å². The van der Waals surface area contributed by atoms with Crippen LogP contribution in [0.2, 0.25) is 0 Å². The zero-order chi connectivity index (χ0) is 15.5. The van der Waals surface area contributed by atoms with Crippen molar-refractivity contribution in [1.82, 2.24) is 14.8 Å².